The lowest BCUT2D eigenvalue weighted by Gasteiger charge is -2.27. The van der Waals surface area contributed by atoms with Gasteiger partial charge in [-0.25, -0.2) is 5.43 Å². The fourth-order valence-corrected chi connectivity index (χ4v) is 4.07. The van der Waals surface area contributed by atoms with Gasteiger partial charge in [0, 0.05) is 35.6 Å². The first-order valence-corrected chi connectivity index (χ1v) is 8.39. The Kier molecular flexibility index (Phi) is 2.88. The van der Waals surface area contributed by atoms with Gasteiger partial charge in [0.15, 0.2) is 0 Å². The predicted octanol–water partition coefficient (Wildman–Crippen LogP) is 1.12. The van der Waals surface area contributed by atoms with Crippen molar-refractivity contribution in [1.82, 2.24) is 26.4 Å². The maximum atomic E-state index is 3.71. The highest BCUT2D eigenvalue weighted by atomic mass is 15.6. The van der Waals surface area contributed by atoms with Crippen LogP contribution in [-0.2, 0) is 0 Å². The highest BCUT2D eigenvalue weighted by Gasteiger charge is 2.38. The second-order valence-electron chi connectivity index (χ2n) is 6.41. The SMILES string of the molecule is C1=CCNC(C2NN3CCCC3=C2C2=C3C=CNC3NC=C2)=C1. The van der Waals surface area contributed by atoms with Crippen LogP contribution in [0.2, 0.25) is 0 Å². The standard InChI is InChI=1S/C18H21N5/c1-2-8-19-14(4-1)17-16(15-5-3-11-23(15)22-17)12-6-9-20-18-13(12)7-10-21-18/h1-2,4,6-7,9-10,17-22H,3,5,8,11H2. The maximum Gasteiger partial charge on any atom is 0.123 e. The van der Waals surface area contributed by atoms with Gasteiger partial charge >= 0.3 is 0 Å². The molecule has 118 valence electrons. The van der Waals surface area contributed by atoms with Crippen LogP contribution in [0.3, 0.4) is 0 Å². The molecule has 0 aromatic rings. The normalized spacial score (nSPS) is 31.0. The Hall–Kier alpha value is -2.40. The van der Waals surface area contributed by atoms with E-state index in [2.05, 4.69) is 63.0 Å². The van der Waals surface area contributed by atoms with Crippen LogP contribution < -0.4 is 21.4 Å². The monoisotopic (exact) mass is 307 g/mol. The largest absolute Gasteiger partial charge is 0.383 e. The molecule has 0 spiro atoms. The van der Waals surface area contributed by atoms with Crippen molar-refractivity contribution in [2.75, 3.05) is 13.1 Å². The third-order valence-electron chi connectivity index (χ3n) is 5.10. The molecule has 2 atom stereocenters. The summed E-state index contributed by atoms with van der Waals surface area (Å²) in [7, 11) is 0. The van der Waals surface area contributed by atoms with E-state index < -0.39 is 0 Å². The van der Waals surface area contributed by atoms with Crippen molar-refractivity contribution in [3.63, 3.8) is 0 Å². The molecule has 2 unspecified atom stereocenters. The second-order valence-corrected chi connectivity index (χ2v) is 6.41. The second kappa shape index (κ2) is 5.06. The average Bonchev–Trinajstić information content (AvgIpc) is 3.30. The molecular weight excluding hydrogens is 286 g/mol. The number of nitrogens with zero attached hydrogens (tertiary/aromatic N) is 1. The molecule has 0 radical (unpaired) electrons. The highest BCUT2D eigenvalue weighted by Crippen LogP contribution is 2.39. The Morgan fingerprint density at radius 1 is 1.13 bits per heavy atom. The number of hydrogen-bond acceptors (Lipinski definition) is 5. The summed E-state index contributed by atoms with van der Waals surface area (Å²) in [6.07, 6.45) is 17.6. The van der Waals surface area contributed by atoms with Crippen LogP contribution in [0.1, 0.15) is 12.8 Å². The molecule has 23 heavy (non-hydrogen) atoms. The van der Waals surface area contributed by atoms with Gasteiger partial charge in [-0.3, -0.25) is 0 Å². The van der Waals surface area contributed by atoms with Crippen LogP contribution in [0, 0.1) is 0 Å². The first-order valence-electron chi connectivity index (χ1n) is 8.39. The summed E-state index contributed by atoms with van der Waals surface area (Å²) in [5, 5.41) is 12.6. The summed E-state index contributed by atoms with van der Waals surface area (Å²) in [5.41, 5.74) is 10.5. The van der Waals surface area contributed by atoms with Crippen LogP contribution in [0.15, 0.2) is 70.9 Å². The van der Waals surface area contributed by atoms with Crippen molar-refractivity contribution in [1.29, 1.82) is 0 Å². The minimum Gasteiger partial charge on any atom is -0.383 e. The summed E-state index contributed by atoms with van der Waals surface area (Å²) < 4.78 is 0. The predicted molar refractivity (Wildman–Crippen MR) is 90.5 cm³/mol. The zero-order chi connectivity index (χ0) is 15.2. The molecule has 0 amide bonds. The third-order valence-corrected chi connectivity index (χ3v) is 5.10. The molecule has 1 fully saturated rings. The van der Waals surface area contributed by atoms with Crippen molar-refractivity contribution in [3.8, 4) is 0 Å². The molecule has 5 heterocycles. The Labute approximate surface area is 136 Å². The lowest BCUT2D eigenvalue weighted by Crippen LogP contribution is -2.42. The van der Waals surface area contributed by atoms with Gasteiger partial charge in [0.2, 0.25) is 0 Å². The number of rotatable bonds is 2. The van der Waals surface area contributed by atoms with Gasteiger partial charge in [-0.15, -0.1) is 0 Å². The van der Waals surface area contributed by atoms with Crippen LogP contribution in [-0.4, -0.2) is 30.3 Å². The lowest BCUT2D eigenvalue weighted by atomic mass is 9.89. The average molecular weight is 307 g/mol. The number of allylic oxidation sites excluding steroid dienone is 4. The summed E-state index contributed by atoms with van der Waals surface area (Å²) in [6.45, 7) is 2.00. The minimum atomic E-state index is 0.201. The topological polar surface area (TPSA) is 51.4 Å². The van der Waals surface area contributed by atoms with Crippen LogP contribution in [0.5, 0.6) is 0 Å². The van der Waals surface area contributed by atoms with Gasteiger partial charge in [-0.2, -0.15) is 0 Å². The molecule has 0 aliphatic carbocycles. The Bertz CT molecular complexity index is 722. The van der Waals surface area contributed by atoms with Gasteiger partial charge in [0.1, 0.15) is 6.17 Å². The van der Waals surface area contributed by atoms with E-state index in [0.29, 0.717) is 0 Å². The maximum absolute atomic E-state index is 3.71. The van der Waals surface area contributed by atoms with Gasteiger partial charge in [0.25, 0.3) is 0 Å². The molecular formula is C18H21N5. The zero-order valence-corrected chi connectivity index (χ0v) is 13.0. The first kappa shape index (κ1) is 13.1. The molecule has 5 heteroatoms. The molecule has 0 bridgehead atoms. The van der Waals surface area contributed by atoms with Crippen molar-refractivity contribution in [2.24, 2.45) is 0 Å². The van der Waals surface area contributed by atoms with E-state index in [-0.39, 0.29) is 12.2 Å². The highest BCUT2D eigenvalue weighted by molar-refractivity contribution is 5.59. The molecule has 5 nitrogen and oxygen atoms in total. The molecule has 5 rings (SSSR count). The van der Waals surface area contributed by atoms with Crippen molar-refractivity contribution < 1.29 is 0 Å². The molecule has 5 aliphatic heterocycles. The smallest absolute Gasteiger partial charge is 0.123 e. The van der Waals surface area contributed by atoms with Gasteiger partial charge < -0.3 is 21.0 Å². The van der Waals surface area contributed by atoms with Gasteiger partial charge in [-0.05, 0) is 49.0 Å². The summed E-state index contributed by atoms with van der Waals surface area (Å²) in [5.74, 6) is 0. The lowest BCUT2D eigenvalue weighted by molar-refractivity contribution is 0.294. The molecule has 0 saturated carbocycles. The number of hydrogen-bond donors (Lipinski definition) is 4. The molecule has 5 aliphatic rings. The van der Waals surface area contributed by atoms with E-state index in [9.17, 15) is 0 Å². The van der Waals surface area contributed by atoms with E-state index in [1.807, 2.05) is 6.20 Å². The number of dihydropyridines is 2. The Balaban J connectivity index is 1.63. The Morgan fingerprint density at radius 2 is 2.04 bits per heavy atom. The van der Waals surface area contributed by atoms with Crippen molar-refractivity contribution >= 4 is 0 Å². The third kappa shape index (κ3) is 1.96. The zero-order valence-electron chi connectivity index (χ0n) is 13.0. The summed E-state index contributed by atoms with van der Waals surface area (Å²) in [6, 6.07) is 0.218. The van der Waals surface area contributed by atoms with E-state index in [1.54, 1.807) is 0 Å². The van der Waals surface area contributed by atoms with Crippen LogP contribution in [0.25, 0.3) is 0 Å². The summed E-state index contributed by atoms with van der Waals surface area (Å²) >= 11 is 0. The van der Waals surface area contributed by atoms with Crippen molar-refractivity contribution in [3.05, 3.63) is 70.9 Å². The van der Waals surface area contributed by atoms with E-state index in [1.165, 1.54) is 34.5 Å². The fourth-order valence-electron chi connectivity index (χ4n) is 4.07. The van der Waals surface area contributed by atoms with E-state index in [4.69, 9.17) is 0 Å². The summed E-state index contributed by atoms with van der Waals surface area (Å²) in [4.78, 5) is 0. The molecule has 4 N–H and O–H groups in total. The fraction of sp³-hybridized carbons (Fsp3) is 0.333. The van der Waals surface area contributed by atoms with Crippen LogP contribution in [0.4, 0.5) is 0 Å². The molecule has 1 saturated heterocycles. The molecule has 0 aromatic carbocycles. The first-order chi connectivity index (χ1) is 11.4. The Morgan fingerprint density at radius 3 is 2.91 bits per heavy atom. The van der Waals surface area contributed by atoms with Gasteiger partial charge in [0.05, 0.1) is 6.04 Å². The van der Waals surface area contributed by atoms with Crippen LogP contribution >= 0.6 is 0 Å². The van der Waals surface area contributed by atoms with Gasteiger partial charge in [-0.1, -0.05) is 12.2 Å². The number of nitrogens with one attached hydrogen (secondary N) is 4. The molecule has 0 aromatic heterocycles. The quantitative estimate of drug-likeness (QED) is 0.616. The number of hydrazine groups is 1. The van der Waals surface area contributed by atoms with Crippen molar-refractivity contribution in [2.45, 2.75) is 25.0 Å². The number of fused-ring (bicyclic) bond motifs is 2. The minimum absolute atomic E-state index is 0.201. The van der Waals surface area contributed by atoms with E-state index in [0.717, 1.165) is 19.5 Å². The van der Waals surface area contributed by atoms with E-state index >= 15 is 0 Å².